The molecule has 0 saturated carbocycles. The maximum atomic E-state index is 12.3. The van der Waals surface area contributed by atoms with Crippen LogP contribution < -0.4 is 0 Å². The molecule has 1 aromatic carbocycles. The molecule has 4 nitrogen and oxygen atoms in total. The highest BCUT2D eigenvalue weighted by Gasteiger charge is 2.25. The summed E-state index contributed by atoms with van der Waals surface area (Å²) in [7, 11) is 0. The van der Waals surface area contributed by atoms with Crippen molar-refractivity contribution in [2.45, 2.75) is 26.3 Å². The van der Waals surface area contributed by atoms with Crippen molar-refractivity contribution < 1.29 is 9.53 Å². The highest BCUT2D eigenvalue weighted by molar-refractivity contribution is 5.76. The van der Waals surface area contributed by atoms with Gasteiger partial charge in [0.1, 0.15) is 0 Å². The van der Waals surface area contributed by atoms with Gasteiger partial charge in [-0.15, -0.1) is 0 Å². The second-order valence-electron chi connectivity index (χ2n) is 6.52. The van der Waals surface area contributed by atoms with E-state index < -0.39 is 0 Å². The van der Waals surface area contributed by atoms with E-state index in [0.29, 0.717) is 18.2 Å². The summed E-state index contributed by atoms with van der Waals surface area (Å²) in [5, 5.41) is 0. The minimum atomic E-state index is 0.311. The average Bonchev–Trinajstić information content (AvgIpc) is 3.03. The Kier molecular flexibility index (Phi) is 5.11. The zero-order valence-electron chi connectivity index (χ0n) is 13.5. The number of hydrogen-bond donors (Lipinski definition) is 0. The molecule has 0 spiro atoms. The average molecular weight is 302 g/mol. The van der Waals surface area contributed by atoms with Gasteiger partial charge in [0, 0.05) is 52.4 Å². The van der Waals surface area contributed by atoms with Crippen molar-refractivity contribution in [3.05, 3.63) is 35.4 Å². The quantitative estimate of drug-likeness (QED) is 0.853. The van der Waals surface area contributed by atoms with E-state index in [1.165, 1.54) is 11.1 Å². The first-order chi connectivity index (χ1) is 10.7. The zero-order valence-corrected chi connectivity index (χ0v) is 13.5. The van der Waals surface area contributed by atoms with Crippen LogP contribution in [0.15, 0.2) is 24.3 Å². The summed E-state index contributed by atoms with van der Waals surface area (Å²) in [5.74, 6) is 0.753. The molecule has 1 aromatic rings. The molecule has 22 heavy (non-hydrogen) atoms. The van der Waals surface area contributed by atoms with Crippen LogP contribution in [0, 0.1) is 12.8 Å². The fourth-order valence-electron chi connectivity index (χ4n) is 3.30. The van der Waals surface area contributed by atoms with Crippen LogP contribution in [-0.4, -0.2) is 55.1 Å². The Labute approximate surface area is 133 Å². The number of aryl methyl sites for hydroxylation is 1. The van der Waals surface area contributed by atoms with E-state index in [9.17, 15) is 4.79 Å². The molecule has 2 aliphatic rings. The van der Waals surface area contributed by atoms with Crippen LogP contribution in [0.4, 0.5) is 0 Å². The first-order valence-corrected chi connectivity index (χ1v) is 8.35. The maximum Gasteiger partial charge on any atom is 0.223 e. The Morgan fingerprint density at radius 3 is 2.68 bits per heavy atom. The highest BCUT2D eigenvalue weighted by Crippen LogP contribution is 2.18. The normalized spacial score (nSPS) is 23.0. The van der Waals surface area contributed by atoms with E-state index in [2.05, 4.69) is 36.1 Å². The molecule has 120 valence electrons. The number of hydrogen-bond acceptors (Lipinski definition) is 3. The summed E-state index contributed by atoms with van der Waals surface area (Å²) in [6, 6.07) is 8.56. The van der Waals surface area contributed by atoms with Gasteiger partial charge in [0.25, 0.3) is 0 Å². The van der Waals surface area contributed by atoms with Crippen molar-refractivity contribution in [1.82, 2.24) is 9.80 Å². The molecule has 4 heteroatoms. The maximum absolute atomic E-state index is 12.3. The molecule has 2 saturated heterocycles. The summed E-state index contributed by atoms with van der Waals surface area (Å²) in [6.07, 6.45) is 1.71. The lowest BCUT2D eigenvalue weighted by Gasteiger charge is -2.35. The minimum absolute atomic E-state index is 0.311. The lowest BCUT2D eigenvalue weighted by molar-refractivity contribution is -0.134. The molecule has 0 N–H and O–H groups in total. The summed E-state index contributed by atoms with van der Waals surface area (Å²) in [5.41, 5.74) is 2.74. The number of piperazine rings is 1. The molecule has 0 aliphatic carbocycles. The highest BCUT2D eigenvalue weighted by atomic mass is 16.5. The minimum Gasteiger partial charge on any atom is -0.381 e. The topological polar surface area (TPSA) is 32.8 Å². The molecule has 0 radical (unpaired) electrons. The molecule has 2 heterocycles. The molecule has 2 aliphatic heterocycles. The Bertz CT molecular complexity index is 504. The molecule has 1 atom stereocenters. The largest absolute Gasteiger partial charge is 0.381 e. The Hall–Kier alpha value is -1.39. The first kappa shape index (κ1) is 15.5. The molecule has 1 amide bonds. The lowest BCUT2D eigenvalue weighted by Crippen LogP contribution is -2.48. The van der Waals surface area contributed by atoms with E-state index >= 15 is 0 Å². The van der Waals surface area contributed by atoms with Gasteiger partial charge in [-0.1, -0.05) is 24.3 Å². The van der Waals surface area contributed by atoms with Crippen molar-refractivity contribution in [2.24, 2.45) is 5.92 Å². The number of benzene rings is 1. The second-order valence-corrected chi connectivity index (χ2v) is 6.52. The van der Waals surface area contributed by atoms with Gasteiger partial charge in [-0.2, -0.15) is 0 Å². The molecular formula is C18H26N2O2. The zero-order chi connectivity index (χ0) is 15.4. The van der Waals surface area contributed by atoms with Crippen molar-refractivity contribution in [2.75, 3.05) is 39.4 Å². The predicted molar refractivity (Wildman–Crippen MR) is 86.6 cm³/mol. The summed E-state index contributed by atoms with van der Waals surface area (Å²) in [4.78, 5) is 16.8. The number of carbonyl (C=O) groups excluding carboxylic acids is 1. The number of amides is 1. The second kappa shape index (κ2) is 7.25. The Balaban J connectivity index is 1.45. The van der Waals surface area contributed by atoms with Gasteiger partial charge in [-0.25, -0.2) is 0 Å². The van der Waals surface area contributed by atoms with Crippen LogP contribution in [0.25, 0.3) is 0 Å². The predicted octanol–water partition coefficient (Wildman–Crippen LogP) is 2.07. The Morgan fingerprint density at radius 2 is 2.00 bits per heavy atom. The monoisotopic (exact) mass is 302 g/mol. The van der Waals surface area contributed by atoms with Gasteiger partial charge >= 0.3 is 0 Å². The smallest absolute Gasteiger partial charge is 0.223 e. The van der Waals surface area contributed by atoms with E-state index in [4.69, 9.17) is 4.74 Å². The van der Waals surface area contributed by atoms with Crippen LogP contribution in [0.3, 0.4) is 0 Å². The van der Waals surface area contributed by atoms with Gasteiger partial charge in [-0.3, -0.25) is 9.69 Å². The van der Waals surface area contributed by atoms with Gasteiger partial charge in [0.15, 0.2) is 0 Å². The van der Waals surface area contributed by atoms with E-state index in [1.54, 1.807) is 0 Å². The third-order valence-corrected chi connectivity index (χ3v) is 4.87. The lowest BCUT2D eigenvalue weighted by atomic mass is 10.0. The fourth-order valence-corrected chi connectivity index (χ4v) is 3.30. The SMILES string of the molecule is Cc1ccccc1CN1CCN(C(=O)C[C@H]2CCOC2)CC1. The van der Waals surface area contributed by atoms with Crippen LogP contribution >= 0.6 is 0 Å². The molecule has 3 rings (SSSR count). The van der Waals surface area contributed by atoms with E-state index in [1.807, 2.05) is 4.90 Å². The van der Waals surface area contributed by atoms with Crippen molar-refractivity contribution in [3.63, 3.8) is 0 Å². The fraction of sp³-hybridized carbons (Fsp3) is 0.611. The van der Waals surface area contributed by atoms with Gasteiger partial charge in [-0.05, 0) is 30.4 Å². The van der Waals surface area contributed by atoms with Crippen molar-refractivity contribution in [1.29, 1.82) is 0 Å². The number of ether oxygens (including phenoxy) is 1. The molecule has 2 fully saturated rings. The molecular weight excluding hydrogens is 276 g/mol. The standard InChI is InChI=1S/C18H26N2O2/c1-15-4-2-3-5-17(15)13-19-7-9-20(10-8-19)18(21)12-16-6-11-22-14-16/h2-5,16H,6-14H2,1H3/t16-/m1/s1. The van der Waals surface area contributed by atoms with Crippen LogP contribution in [-0.2, 0) is 16.1 Å². The van der Waals surface area contributed by atoms with Crippen LogP contribution in [0.1, 0.15) is 24.0 Å². The number of rotatable bonds is 4. The van der Waals surface area contributed by atoms with Gasteiger partial charge < -0.3 is 9.64 Å². The van der Waals surface area contributed by atoms with Gasteiger partial charge in [0.05, 0.1) is 0 Å². The molecule has 0 unspecified atom stereocenters. The molecule has 0 aromatic heterocycles. The van der Waals surface area contributed by atoms with Crippen LogP contribution in [0.5, 0.6) is 0 Å². The number of carbonyl (C=O) groups is 1. The van der Waals surface area contributed by atoms with E-state index in [-0.39, 0.29) is 0 Å². The Morgan fingerprint density at radius 1 is 1.23 bits per heavy atom. The number of nitrogens with zero attached hydrogens (tertiary/aromatic N) is 2. The van der Waals surface area contributed by atoms with Crippen molar-refractivity contribution >= 4 is 5.91 Å². The summed E-state index contributed by atoms with van der Waals surface area (Å²) in [6.45, 7) is 8.41. The summed E-state index contributed by atoms with van der Waals surface area (Å²) < 4.78 is 5.36. The first-order valence-electron chi connectivity index (χ1n) is 8.35. The van der Waals surface area contributed by atoms with E-state index in [0.717, 1.165) is 52.4 Å². The third-order valence-electron chi connectivity index (χ3n) is 4.87. The molecule has 0 bridgehead atoms. The third kappa shape index (κ3) is 3.87. The van der Waals surface area contributed by atoms with Gasteiger partial charge in [0.2, 0.25) is 5.91 Å². The van der Waals surface area contributed by atoms with Crippen LogP contribution in [0.2, 0.25) is 0 Å². The van der Waals surface area contributed by atoms with Crippen molar-refractivity contribution in [3.8, 4) is 0 Å². The summed E-state index contributed by atoms with van der Waals surface area (Å²) >= 11 is 0.